The highest BCUT2D eigenvalue weighted by atomic mass is 19.3. The number of likely N-dealkylation sites (tertiary alicyclic amines) is 2. The average Bonchev–Trinajstić information content (AvgIpc) is 2.92. The second-order valence-electron chi connectivity index (χ2n) is 8.17. The van der Waals surface area contributed by atoms with Crippen molar-refractivity contribution in [3.63, 3.8) is 0 Å². The van der Waals surface area contributed by atoms with Gasteiger partial charge in [-0.2, -0.15) is 0 Å². The summed E-state index contributed by atoms with van der Waals surface area (Å²) in [4.78, 5) is 4.35. The Labute approximate surface area is 159 Å². The van der Waals surface area contributed by atoms with E-state index in [9.17, 15) is 8.78 Å². The molecule has 0 radical (unpaired) electrons. The quantitative estimate of drug-likeness (QED) is 0.864. The van der Waals surface area contributed by atoms with Crippen LogP contribution in [0.5, 0.6) is 0 Å². The monoisotopic (exact) mass is 371 g/mol. The minimum absolute atomic E-state index is 0.0765. The average molecular weight is 371 g/mol. The van der Waals surface area contributed by atoms with Gasteiger partial charge in [0.25, 0.3) is 5.92 Å². The van der Waals surface area contributed by atoms with Crippen LogP contribution in [-0.4, -0.2) is 34.9 Å². The number of fused-ring (bicyclic) bond motifs is 1. The zero-order valence-electron chi connectivity index (χ0n) is 15.7. The van der Waals surface area contributed by atoms with Crippen LogP contribution < -0.4 is 5.73 Å². The van der Waals surface area contributed by atoms with Gasteiger partial charge in [0.1, 0.15) is 5.82 Å². The molecule has 0 aromatic heterocycles. The Kier molecular flexibility index (Phi) is 4.28. The van der Waals surface area contributed by atoms with Gasteiger partial charge < -0.3 is 15.5 Å². The van der Waals surface area contributed by atoms with E-state index in [0.717, 1.165) is 60.6 Å². The summed E-state index contributed by atoms with van der Waals surface area (Å²) in [5, 5.41) is 0. The SMILES string of the molecule is C=C(N)C1CC(=C)N1C(=C)N1CCCC(c2ccc3c(c2)CC(F)(F)C3)C1. The van der Waals surface area contributed by atoms with Crippen molar-refractivity contribution >= 4 is 0 Å². The van der Waals surface area contributed by atoms with E-state index in [1.807, 2.05) is 18.2 Å². The van der Waals surface area contributed by atoms with Gasteiger partial charge in [0.2, 0.25) is 0 Å². The van der Waals surface area contributed by atoms with E-state index in [-0.39, 0.29) is 18.9 Å². The van der Waals surface area contributed by atoms with Crippen LogP contribution in [0.2, 0.25) is 0 Å². The summed E-state index contributed by atoms with van der Waals surface area (Å²) in [7, 11) is 0. The van der Waals surface area contributed by atoms with Crippen molar-refractivity contribution in [1.29, 1.82) is 0 Å². The Hall–Kier alpha value is -2.30. The molecule has 2 aliphatic heterocycles. The number of alkyl halides is 2. The van der Waals surface area contributed by atoms with Crippen LogP contribution >= 0.6 is 0 Å². The van der Waals surface area contributed by atoms with Gasteiger partial charge >= 0.3 is 0 Å². The lowest BCUT2D eigenvalue weighted by Gasteiger charge is -2.50. The highest BCUT2D eigenvalue weighted by Crippen LogP contribution is 2.39. The number of nitrogens with zero attached hydrogens (tertiary/aromatic N) is 2. The Bertz CT molecular complexity index is 814. The third-order valence-corrected chi connectivity index (χ3v) is 6.17. The second-order valence-corrected chi connectivity index (χ2v) is 8.17. The molecule has 1 aliphatic carbocycles. The Morgan fingerprint density at radius 3 is 2.63 bits per heavy atom. The lowest BCUT2D eigenvalue weighted by Crippen LogP contribution is -2.51. The molecular weight excluding hydrogens is 344 g/mol. The molecule has 2 N–H and O–H groups in total. The van der Waals surface area contributed by atoms with Gasteiger partial charge in [-0.3, -0.25) is 0 Å². The van der Waals surface area contributed by atoms with Crippen LogP contribution in [0, 0.1) is 0 Å². The number of piperidine rings is 1. The molecule has 1 aromatic carbocycles. The smallest absolute Gasteiger partial charge is 0.256 e. The van der Waals surface area contributed by atoms with Crippen LogP contribution in [0.4, 0.5) is 8.78 Å². The molecule has 2 fully saturated rings. The largest absolute Gasteiger partial charge is 0.401 e. The first-order valence-electron chi connectivity index (χ1n) is 9.60. The predicted octanol–water partition coefficient (Wildman–Crippen LogP) is 4.13. The van der Waals surface area contributed by atoms with Gasteiger partial charge in [0, 0.05) is 49.7 Å². The van der Waals surface area contributed by atoms with Gasteiger partial charge in [-0.15, -0.1) is 0 Å². The highest BCUT2D eigenvalue weighted by molar-refractivity contribution is 5.39. The molecule has 1 aromatic rings. The molecule has 2 saturated heterocycles. The normalized spacial score (nSPS) is 26.5. The topological polar surface area (TPSA) is 32.5 Å². The van der Waals surface area contributed by atoms with Crippen molar-refractivity contribution in [2.75, 3.05) is 13.1 Å². The lowest BCUT2D eigenvalue weighted by atomic mass is 9.88. The zero-order chi connectivity index (χ0) is 19.3. The first kappa shape index (κ1) is 18.1. The summed E-state index contributed by atoms with van der Waals surface area (Å²) in [6, 6.07) is 6.00. The summed E-state index contributed by atoms with van der Waals surface area (Å²) in [6.07, 6.45) is 2.67. The molecule has 0 amide bonds. The third kappa shape index (κ3) is 3.24. The molecule has 144 valence electrons. The van der Waals surface area contributed by atoms with Crippen LogP contribution in [0.15, 0.2) is 55.2 Å². The molecule has 0 spiro atoms. The zero-order valence-corrected chi connectivity index (χ0v) is 15.7. The summed E-state index contributed by atoms with van der Waals surface area (Å²) in [5.41, 5.74) is 10.3. The Balaban J connectivity index is 1.48. The van der Waals surface area contributed by atoms with Crippen LogP contribution in [0.25, 0.3) is 0 Å². The second kappa shape index (κ2) is 6.39. The van der Waals surface area contributed by atoms with Crippen molar-refractivity contribution in [2.24, 2.45) is 5.73 Å². The fourth-order valence-corrected chi connectivity index (χ4v) is 4.67. The standard InChI is InChI=1S/C22H27F2N3/c1-14-9-21(15(2)25)27(14)16(3)26-8-4-5-19(13-26)17-6-7-18-11-22(23,24)12-20(18)10-17/h6-7,10,19,21H,1-5,8-9,11-13,25H2. The van der Waals surface area contributed by atoms with E-state index >= 15 is 0 Å². The van der Waals surface area contributed by atoms with Gasteiger partial charge in [-0.25, -0.2) is 8.78 Å². The minimum atomic E-state index is -2.59. The molecule has 2 heterocycles. The summed E-state index contributed by atoms with van der Waals surface area (Å²) in [6.45, 7) is 14.0. The predicted molar refractivity (Wildman–Crippen MR) is 104 cm³/mol. The maximum atomic E-state index is 13.7. The van der Waals surface area contributed by atoms with Crippen molar-refractivity contribution in [3.8, 4) is 0 Å². The van der Waals surface area contributed by atoms with E-state index in [0.29, 0.717) is 11.6 Å². The lowest BCUT2D eigenvalue weighted by molar-refractivity contribution is 0.0130. The number of halogens is 2. The molecule has 5 heteroatoms. The van der Waals surface area contributed by atoms with Gasteiger partial charge in [-0.05, 0) is 29.5 Å². The fraction of sp³-hybridized carbons (Fsp3) is 0.455. The molecule has 3 nitrogen and oxygen atoms in total. The molecule has 0 saturated carbocycles. The molecule has 0 bridgehead atoms. The number of benzene rings is 1. The van der Waals surface area contributed by atoms with Crippen molar-refractivity contribution in [3.05, 3.63) is 71.8 Å². The number of nitrogens with two attached hydrogens (primary N) is 1. The van der Waals surface area contributed by atoms with Gasteiger partial charge in [0.15, 0.2) is 0 Å². The number of rotatable bonds is 4. The van der Waals surface area contributed by atoms with E-state index in [1.165, 1.54) is 0 Å². The van der Waals surface area contributed by atoms with Gasteiger partial charge in [-0.1, -0.05) is 37.9 Å². The van der Waals surface area contributed by atoms with Gasteiger partial charge in [0.05, 0.1) is 6.04 Å². The van der Waals surface area contributed by atoms with Crippen LogP contribution in [0.3, 0.4) is 0 Å². The maximum Gasteiger partial charge on any atom is 0.256 e. The first-order valence-corrected chi connectivity index (χ1v) is 9.60. The number of hydrogen-bond acceptors (Lipinski definition) is 3. The summed E-state index contributed by atoms with van der Waals surface area (Å²) in [5.74, 6) is -1.35. The fourth-order valence-electron chi connectivity index (χ4n) is 4.67. The molecule has 2 atom stereocenters. The van der Waals surface area contributed by atoms with Crippen molar-refractivity contribution in [2.45, 2.75) is 50.0 Å². The summed E-state index contributed by atoms with van der Waals surface area (Å²) < 4.78 is 27.4. The maximum absolute atomic E-state index is 13.7. The first-order chi connectivity index (χ1) is 12.7. The Morgan fingerprint density at radius 2 is 1.93 bits per heavy atom. The summed E-state index contributed by atoms with van der Waals surface area (Å²) >= 11 is 0. The molecule has 27 heavy (non-hydrogen) atoms. The van der Waals surface area contributed by atoms with Crippen LogP contribution in [0.1, 0.15) is 41.9 Å². The van der Waals surface area contributed by atoms with Crippen molar-refractivity contribution in [1.82, 2.24) is 9.80 Å². The van der Waals surface area contributed by atoms with E-state index in [4.69, 9.17) is 5.73 Å². The van der Waals surface area contributed by atoms with E-state index in [1.54, 1.807) is 0 Å². The highest BCUT2D eigenvalue weighted by Gasteiger charge is 2.39. The molecule has 3 aliphatic rings. The van der Waals surface area contributed by atoms with E-state index < -0.39 is 5.92 Å². The molecule has 2 unspecified atom stereocenters. The molecular formula is C22H27F2N3. The third-order valence-electron chi connectivity index (χ3n) is 6.17. The minimum Gasteiger partial charge on any atom is -0.401 e. The molecule has 4 rings (SSSR count). The van der Waals surface area contributed by atoms with E-state index in [2.05, 4.69) is 29.5 Å². The Morgan fingerprint density at radius 1 is 1.19 bits per heavy atom. The van der Waals surface area contributed by atoms with Crippen molar-refractivity contribution < 1.29 is 8.78 Å². The van der Waals surface area contributed by atoms with Crippen LogP contribution in [-0.2, 0) is 12.8 Å². The number of hydrogen-bond donors (Lipinski definition) is 1.